The molecule has 0 spiro atoms. The SMILES string of the molecule is [C-]#[N+]c1c(N=Nc2c(C(C)(C)C)[n-][n+]3[n-]c(C)nc23)n[nH]c1C(C)(C)C.[C-]#[N+]c1c(N=Nc2c(C(C)(C)C)[n-][n+]3[n-]c(C)nc23)n[nH]c1CC.[Ni+2]. The first-order valence-electron chi connectivity index (χ1n) is 15.9. The Hall–Kier alpha value is -5.55. The van der Waals surface area contributed by atoms with Crippen LogP contribution in [0.1, 0.15) is 104 Å². The molecule has 0 aliphatic rings. The predicted molar refractivity (Wildman–Crippen MR) is 181 cm³/mol. The Morgan fingerprint density at radius 1 is 0.647 bits per heavy atom. The van der Waals surface area contributed by atoms with Crippen LogP contribution < -0.4 is 29.7 Å². The molecule has 0 saturated heterocycles. The average molecular weight is 735 g/mol. The van der Waals surface area contributed by atoms with Crippen molar-refractivity contribution in [2.45, 2.75) is 106 Å². The van der Waals surface area contributed by atoms with Gasteiger partial charge in [0.1, 0.15) is 0 Å². The van der Waals surface area contributed by atoms with Gasteiger partial charge in [0, 0.05) is 11.4 Å². The fourth-order valence-corrected chi connectivity index (χ4v) is 4.95. The zero-order valence-electron chi connectivity index (χ0n) is 30.7. The van der Waals surface area contributed by atoms with Crippen LogP contribution in [-0.4, -0.2) is 30.4 Å². The van der Waals surface area contributed by atoms with Gasteiger partial charge in [-0.05, 0) is 36.5 Å². The average Bonchev–Trinajstić information content (AvgIpc) is 3.84. The molecule has 268 valence electrons. The van der Waals surface area contributed by atoms with E-state index in [1.807, 2.05) is 69.2 Å². The van der Waals surface area contributed by atoms with Gasteiger partial charge in [-0.1, -0.05) is 90.6 Å². The van der Waals surface area contributed by atoms with Gasteiger partial charge in [0.25, 0.3) is 11.4 Å². The summed E-state index contributed by atoms with van der Waals surface area (Å²) in [5, 5.41) is 48.5. The zero-order valence-corrected chi connectivity index (χ0v) is 31.7. The topological polar surface area (TPSA) is 206 Å². The van der Waals surface area contributed by atoms with E-state index in [4.69, 9.17) is 13.1 Å². The maximum Gasteiger partial charge on any atom is 2.00 e. The van der Waals surface area contributed by atoms with Crippen LogP contribution in [0.3, 0.4) is 0 Å². The molecule has 51 heavy (non-hydrogen) atoms. The summed E-state index contributed by atoms with van der Waals surface area (Å²) >= 11 is 0. The van der Waals surface area contributed by atoms with Crippen molar-refractivity contribution in [2.24, 2.45) is 20.5 Å². The molecule has 0 atom stereocenters. The fraction of sp³-hybridized carbons (Fsp3) is 0.500. The number of H-pyrrole nitrogens is 2. The van der Waals surface area contributed by atoms with Gasteiger partial charge in [-0.15, -0.1) is 20.5 Å². The van der Waals surface area contributed by atoms with Crippen LogP contribution in [0.15, 0.2) is 20.5 Å². The summed E-state index contributed by atoms with van der Waals surface area (Å²) in [6.07, 6.45) is 0.680. The maximum absolute atomic E-state index is 7.48. The Kier molecular flexibility index (Phi) is 10.5. The Balaban J connectivity index is 0.000000225. The minimum Gasteiger partial charge on any atom is -0.509 e. The molecule has 0 fully saturated rings. The summed E-state index contributed by atoms with van der Waals surface area (Å²) in [7, 11) is 0. The summed E-state index contributed by atoms with van der Waals surface area (Å²) in [6, 6.07) is 0. The first-order valence-corrected chi connectivity index (χ1v) is 15.9. The number of nitrogens with one attached hydrogen (secondary N) is 2. The van der Waals surface area contributed by atoms with Crippen molar-refractivity contribution >= 4 is 45.7 Å². The maximum atomic E-state index is 7.48. The van der Waals surface area contributed by atoms with Crippen molar-refractivity contribution in [3.05, 3.63) is 57.3 Å². The van der Waals surface area contributed by atoms with E-state index in [0.29, 0.717) is 52.1 Å². The third-order valence-electron chi connectivity index (χ3n) is 7.41. The van der Waals surface area contributed by atoms with Gasteiger partial charge in [0.15, 0.2) is 11.4 Å². The van der Waals surface area contributed by atoms with Crippen LogP contribution in [0.2, 0.25) is 0 Å². The smallest absolute Gasteiger partial charge is 0.509 e. The van der Waals surface area contributed by atoms with Gasteiger partial charge in [0.2, 0.25) is 11.6 Å². The second-order valence-corrected chi connectivity index (χ2v) is 14.7. The third-order valence-corrected chi connectivity index (χ3v) is 7.41. The summed E-state index contributed by atoms with van der Waals surface area (Å²) in [4.78, 5) is 15.8. The van der Waals surface area contributed by atoms with E-state index in [0.717, 1.165) is 22.8 Å². The number of hydrogen-bond donors (Lipinski definition) is 2. The first kappa shape index (κ1) is 38.3. The molecule has 0 aliphatic carbocycles. The molecule has 0 radical (unpaired) electrons. The molecule has 2 N–H and O–H groups in total. The van der Waals surface area contributed by atoms with Crippen molar-refractivity contribution in [1.82, 2.24) is 50.8 Å². The molecule has 6 rings (SSSR count). The zero-order chi connectivity index (χ0) is 36.8. The van der Waals surface area contributed by atoms with E-state index in [-0.39, 0.29) is 44.4 Å². The second kappa shape index (κ2) is 14.0. The largest absolute Gasteiger partial charge is 2.00 e. The number of azo groups is 2. The predicted octanol–water partition coefficient (Wildman–Crippen LogP) is 5.92. The van der Waals surface area contributed by atoms with Crippen LogP contribution in [0.4, 0.5) is 34.4 Å². The molecule has 0 aliphatic heterocycles. The number of aromatic nitrogens is 12. The van der Waals surface area contributed by atoms with Gasteiger partial charge in [-0.2, -0.15) is 10.2 Å². The molecule has 6 heterocycles. The molecule has 6 aromatic heterocycles. The number of aromatic amines is 2. The molecule has 0 amide bonds. The molecule has 19 heteroatoms. The monoisotopic (exact) mass is 734 g/mol. The van der Waals surface area contributed by atoms with E-state index >= 15 is 0 Å². The van der Waals surface area contributed by atoms with Crippen molar-refractivity contribution < 1.29 is 25.8 Å². The van der Waals surface area contributed by atoms with Crippen molar-refractivity contribution in [1.29, 1.82) is 0 Å². The summed E-state index contributed by atoms with van der Waals surface area (Å²) < 4.78 is 2.95. The van der Waals surface area contributed by atoms with Crippen molar-refractivity contribution in [3.8, 4) is 0 Å². The second-order valence-electron chi connectivity index (χ2n) is 14.7. The van der Waals surface area contributed by atoms with Crippen molar-refractivity contribution in [2.75, 3.05) is 0 Å². The minimum absolute atomic E-state index is 0. The molecule has 0 bridgehead atoms. The van der Waals surface area contributed by atoms with Gasteiger partial charge >= 0.3 is 27.8 Å². The first-order chi connectivity index (χ1) is 23.4. The summed E-state index contributed by atoms with van der Waals surface area (Å²) in [6.45, 7) is 38.6. The number of aryl methyl sites for hydroxylation is 3. The molecule has 0 saturated carbocycles. The third kappa shape index (κ3) is 7.63. The fourth-order valence-electron chi connectivity index (χ4n) is 4.95. The number of hydrogen-bond acceptors (Lipinski definition) is 8. The molecule has 0 aromatic carbocycles. The van der Waals surface area contributed by atoms with Crippen molar-refractivity contribution in [3.63, 3.8) is 0 Å². The molecular weight excluding hydrogens is 695 g/mol. The van der Waals surface area contributed by atoms with E-state index in [1.54, 1.807) is 13.8 Å². The van der Waals surface area contributed by atoms with Crippen LogP contribution in [0.25, 0.3) is 21.0 Å². The van der Waals surface area contributed by atoms with Crippen LogP contribution in [-0.2, 0) is 39.2 Å². The molecule has 6 aromatic rings. The van der Waals surface area contributed by atoms with E-state index < -0.39 is 0 Å². The Morgan fingerprint density at radius 3 is 1.47 bits per heavy atom. The number of fused-ring (bicyclic) bond motifs is 2. The summed E-state index contributed by atoms with van der Waals surface area (Å²) in [5.41, 5.74) is 5.22. The number of rotatable bonds is 5. The van der Waals surface area contributed by atoms with Gasteiger partial charge < -0.3 is 29.7 Å². The van der Waals surface area contributed by atoms with Gasteiger partial charge in [-0.25, -0.2) is 9.69 Å². The number of nitrogens with zero attached hydrogens (tertiary/aromatic N) is 16. The van der Waals surface area contributed by atoms with Crippen LogP contribution in [0, 0.1) is 27.0 Å². The van der Waals surface area contributed by atoms with E-state index in [1.165, 1.54) is 9.26 Å². The standard InChI is InChI=1S/C17H22N9.C15H18N9.Ni/c1-9-19-15-11(13(17(5,6)7)25-26(15)24-9)20-22-14-10(18-8)12(21-23-14)16(2,3)4;1-7-9-10(16-6)13(20-18-9)21-19-11-12(15(3,4)5)23-24-14(11)17-8(2)22-24;/h1-7H3,(H-,19,21,23,24);7H2,1-5H3,(H-,17,18,20,22);/q2*-1;+2. The molecule has 18 nitrogen and oxygen atoms in total. The van der Waals surface area contributed by atoms with Gasteiger partial charge in [0.05, 0.1) is 24.8 Å². The Morgan fingerprint density at radius 2 is 1.08 bits per heavy atom. The normalized spacial score (nSPS) is 12.4. The quantitative estimate of drug-likeness (QED) is 0.0939. The molecular formula is C32H40N18Ni. The molecule has 0 unspecified atom stereocenters. The Labute approximate surface area is 305 Å². The minimum atomic E-state index is -0.255. The van der Waals surface area contributed by atoms with Gasteiger partial charge in [-0.3, -0.25) is 10.2 Å². The van der Waals surface area contributed by atoms with Crippen LogP contribution >= 0.6 is 0 Å². The van der Waals surface area contributed by atoms with Crippen LogP contribution in [0.5, 0.6) is 0 Å². The Bertz CT molecular complexity index is 2320. The van der Waals surface area contributed by atoms with E-state index in [2.05, 4.69) is 80.9 Å². The van der Waals surface area contributed by atoms with E-state index in [9.17, 15) is 0 Å². The summed E-state index contributed by atoms with van der Waals surface area (Å²) in [5.74, 6) is 1.77.